The van der Waals surface area contributed by atoms with Crippen molar-refractivity contribution in [2.24, 2.45) is 0 Å². The first-order valence-corrected chi connectivity index (χ1v) is 6.12. The zero-order valence-corrected chi connectivity index (χ0v) is 11.2. The molecule has 0 saturated carbocycles. The first-order chi connectivity index (χ1) is 7.13. The Morgan fingerprint density at radius 2 is 2.27 bits per heavy atom. The molecule has 0 bridgehead atoms. The van der Waals surface area contributed by atoms with Crippen molar-refractivity contribution in [2.75, 3.05) is 5.33 Å². The molecule has 0 heterocycles. The predicted octanol–water partition coefficient (Wildman–Crippen LogP) is 2.55. The Hall–Kier alpha value is -0.740. The van der Waals surface area contributed by atoms with E-state index in [1.807, 2.05) is 28.7 Å². The molecule has 0 saturated heterocycles. The third-order valence-electron chi connectivity index (χ3n) is 1.81. The van der Waals surface area contributed by atoms with Crippen LogP contribution in [0.2, 0.25) is 0 Å². The molecule has 0 aliphatic heterocycles. The third-order valence-corrected chi connectivity index (χ3v) is 3.25. The molecule has 15 heavy (non-hydrogen) atoms. The van der Waals surface area contributed by atoms with Gasteiger partial charge in [0.25, 0.3) is 0 Å². The van der Waals surface area contributed by atoms with Gasteiger partial charge in [-0.1, -0.05) is 15.9 Å². The molecular weight excluding hydrogens is 373 g/mol. The van der Waals surface area contributed by atoms with E-state index in [1.54, 1.807) is 6.07 Å². The molecule has 0 N–H and O–H groups in total. The van der Waals surface area contributed by atoms with Gasteiger partial charge in [-0.25, -0.2) is 0 Å². The zero-order chi connectivity index (χ0) is 11.4. The monoisotopic (exact) mass is 377 g/mol. The average Bonchev–Trinajstić information content (AvgIpc) is 2.27. The predicted molar refractivity (Wildman–Crippen MR) is 67.4 cm³/mol. The van der Waals surface area contributed by atoms with Gasteiger partial charge in [0, 0.05) is 14.7 Å². The quantitative estimate of drug-likeness (QED) is 0.352. The summed E-state index contributed by atoms with van der Waals surface area (Å²) in [4.78, 5) is 22.1. The van der Waals surface area contributed by atoms with Crippen molar-refractivity contribution in [3.8, 4) is 6.07 Å². The summed E-state index contributed by atoms with van der Waals surface area (Å²) in [6.45, 7) is 0. The molecule has 76 valence electrons. The van der Waals surface area contributed by atoms with Gasteiger partial charge in [-0.15, -0.1) is 0 Å². The van der Waals surface area contributed by atoms with Crippen LogP contribution in [0.5, 0.6) is 0 Å². The van der Waals surface area contributed by atoms with Crippen molar-refractivity contribution >= 4 is 50.6 Å². The standard InChI is InChI=1S/C10H5BrINO2/c11-3-10(15)8-1-7(5-14)9(12)2-6(8)4-13/h1-2,5H,3H2. The van der Waals surface area contributed by atoms with Crippen molar-refractivity contribution in [2.45, 2.75) is 0 Å². The van der Waals surface area contributed by atoms with Gasteiger partial charge in [0.2, 0.25) is 0 Å². The lowest BCUT2D eigenvalue weighted by atomic mass is 10.0. The lowest BCUT2D eigenvalue weighted by molar-refractivity contribution is 0.102. The molecular formula is C10H5BrINO2. The Morgan fingerprint density at radius 1 is 1.60 bits per heavy atom. The van der Waals surface area contributed by atoms with Gasteiger partial charge in [-0.2, -0.15) is 5.26 Å². The van der Waals surface area contributed by atoms with E-state index in [9.17, 15) is 9.59 Å². The summed E-state index contributed by atoms with van der Waals surface area (Å²) in [6, 6.07) is 4.94. The van der Waals surface area contributed by atoms with E-state index >= 15 is 0 Å². The number of carbonyl (C=O) groups excluding carboxylic acids is 2. The number of Topliss-reactive ketones (excluding diaryl/α,β-unsaturated/α-hetero) is 1. The first kappa shape index (κ1) is 12.3. The van der Waals surface area contributed by atoms with E-state index in [0.717, 1.165) is 0 Å². The lowest BCUT2D eigenvalue weighted by Crippen LogP contribution is -2.05. The summed E-state index contributed by atoms with van der Waals surface area (Å²) in [6.07, 6.45) is 0.675. The number of aldehydes is 1. The summed E-state index contributed by atoms with van der Waals surface area (Å²) in [5.74, 6) is -0.203. The first-order valence-electron chi connectivity index (χ1n) is 3.92. The Kier molecular flexibility index (Phi) is 4.42. The fourth-order valence-electron chi connectivity index (χ4n) is 1.08. The van der Waals surface area contributed by atoms with Crippen LogP contribution in [0.3, 0.4) is 0 Å². The fourth-order valence-corrected chi connectivity index (χ4v) is 1.97. The van der Waals surface area contributed by atoms with Gasteiger partial charge in [0.1, 0.15) is 0 Å². The topological polar surface area (TPSA) is 57.9 Å². The second-order valence-electron chi connectivity index (χ2n) is 2.71. The number of benzene rings is 1. The van der Waals surface area contributed by atoms with E-state index in [1.165, 1.54) is 6.07 Å². The Balaban J connectivity index is 3.43. The van der Waals surface area contributed by atoms with Crippen molar-refractivity contribution in [3.63, 3.8) is 0 Å². The second kappa shape index (κ2) is 5.37. The molecule has 1 aromatic carbocycles. The summed E-state index contributed by atoms with van der Waals surface area (Å²) < 4.78 is 0.672. The van der Waals surface area contributed by atoms with Gasteiger partial charge < -0.3 is 0 Å². The van der Waals surface area contributed by atoms with Crippen LogP contribution in [0, 0.1) is 14.9 Å². The number of hydrogen-bond acceptors (Lipinski definition) is 3. The van der Waals surface area contributed by atoms with Gasteiger partial charge in [0.15, 0.2) is 12.1 Å². The number of carbonyl (C=O) groups is 2. The molecule has 0 amide bonds. The summed E-state index contributed by atoms with van der Waals surface area (Å²) in [5.41, 5.74) is 1.02. The van der Waals surface area contributed by atoms with Crippen molar-refractivity contribution in [1.29, 1.82) is 5.26 Å². The number of nitrogens with zero attached hydrogens (tertiary/aromatic N) is 1. The number of halogens is 2. The molecule has 0 unspecified atom stereocenters. The zero-order valence-electron chi connectivity index (χ0n) is 7.46. The van der Waals surface area contributed by atoms with E-state index in [4.69, 9.17) is 5.26 Å². The van der Waals surface area contributed by atoms with Gasteiger partial charge >= 0.3 is 0 Å². The van der Waals surface area contributed by atoms with Crippen LogP contribution in [0.15, 0.2) is 12.1 Å². The molecule has 3 nitrogen and oxygen atoms in total. The van der Waals surface area contributed by atoms with Crippen LogP contribution < -0.4 is 0 Å². The number of nitriles is 1. The molecule has 0 spiro atoms. The van der Waals surface area contributed by atoms with Crippen LogP contribution in [0.1, 0.15) is 26.3 Å². The summed E-state index contributed by atoms with van der Waals surface area (Å²) >= 11 is 4.99. The normalized spacial score (nSPS) is 9.40. The minimum atomic E-state index is -0.203. The van der Waals surface area contributed by atoms with Gasteiger partial charge in [0.05, 0.1) is 17.0 Å². The Morgan fingerprint density at radius 3 is 2.73 bits per heavy atom. The molecule has 5 heteroatoms. The minimum Gasteiger partial charge on any atom is -0.298 e. The highest BCUT2D eigenvalue weighted by Gasteiger charge is 2.13. The van der Waals surface area contributed by atoms with Gasteiger partial charge in [-0.05, 0) is 34.7 Å². The number of rotatable bonds is 3. The van der Waals surface area contributed by atoms with Crippen molar-refractivity contribution in [3.05, 3.63) is 32.4 Å². The SMILES string of the molecule is N#Cc1cc(I)c(C=O)cc1C(=O)CBr. The lowest BCUT2D eigenvalue weighted by Gasteiger charge is -2.03. The van der Waals surface area contributed by atoms with E-state index in [0.29, 0.717) is 21.0 Å². The Bertz CT molecular complexity index is 465. The molecule has 0 atom stereocenters. The van der Waals surface area contributed by atoms with Crippen LogP contribution in [-0.4, -0.2) is 17.4 Å². The summed E-state index contributed by atoms with van der Waals surface area (Å²) in [5, 5.41) is 8.98. The van der Waals surface area contributed by atoms with Crippen molar-refractivity contribution < 1.29 is 9.59 Å². The second-order valence-corrected chi connectivity index (χ2v) is 4.43. The molecule has 0 aliphatic carbocycles. The molecule has 0 aromatic heterocycles. The van der Waals surface area contributed by atoms with E-state index < -0.39 is 0 Å². The maximum atomic E-state index is 11.5. The van der Waals surface area contributed by atoms with Crippen molar-refractivity contribution in [1.82, 2.24) is 0 Å². The highest BCUT2D eigenvalue weighted by molar-refractivity contribution is 14.1. The van der Waals surface area contributed by atoms with Crippen LogP contribution in [0.25, 0.3) is 0 Å². The maximum Gasteiger partial charge on any atom is 0.174 e. The number of ketones is 1. The summed E-state index contributed by atoms with van der Waals surface area (Å²) in [7, 11) is 0. The van der Waals surface area contributed by atoms with E-state index in [-0.39, 0.29) is 16.7 Å². The minimum absolute atomic E-state index is 0.139. The Labute approximate surface area is 109 Å². The van der Waals surface area contributed by atoms with Crippen LogP contribution in [0.4, 0.5) is 0 Å². The molecule has 1 aromatic rings. The fraction of sp³-hybridized carbons (Fsp3) is 0.100. The number of hydrogen-bond donors (Lipinski definition) is 0. The molecule has 0 aliphatic rings. The van der Waals surface area contributed by atoms with E-state index in [2.05, 4.69) is 15.9 Å². The van der Waals surface area contributed by atoms with Crippen LogP contribution >= 0.6 is 38.5 Å². The third kappa shape index (κ3) is 2.63. The largest absolute Gasteiger partial charge is 0.298 e. The molecule has 1 rings (SSSR count). The van der Waals surface area contributed by atoms with Crippen LogP contribution in [-0.2, 0) is 0 Å². The molecule has 0 fully saturated rings. The highest BCUT2D eigenvalue weighted by Crippen LogP contribution is 2.18. The highest BCUT2D eigenvalue weighted by atomic mass is 127. The smallest absolute Gasteiger partial charge is 0.174 e. The van der Waals surface area contributed by atoms with Gasteiger partial charge in [-0.3, -0.25) is 9.59 Å². The maximum absolute atomic E-state index is 11.5. The molecule has 0 radical (unpaired) electrons. The number of alkyl halides is 1. The average molecular weight is 378 g/mol.